The van der Waals surface area contributed by atoms with E-state index < -0.39 is 15.9 Å². The summed E-state index contributed by atoms with van der Waals surface area (Å²) in [5, 5.41) is 0. The van der Waals surface area contributed by atoms with E-state index in [1.807, 2.05) is 30.3 Å². The molecule has 0 atom stereocenters. The van der Waals surface area contributed by atoms with Crippen LogP contribution in [0.3, 0.4) is 0 Å². The monoisotopic (exact) mass is 295 g/mol. The summed E-state index contributed by atoms with van der Waals surface area (Å²) in [7, 11) is -3.20. The quantitative estimate of drug-likeness (QED) is 0.799. The Kier molecular flexibility index (Phi) is 4.79. The van der Waals surface area contributed by atoms with E-state index in [9.17, 15) is 13.2 Å². The standard InChI is InChI=1S/C14H17NO4S/c16-14-15(8-10-19-14)9-12-20(17,18)11-4-7-13-5-2-1-3-6-13/h1-7H,8-12H2/b7-4+. The lowest BCUT2D eigenvalue weighted by Crippen LogP contribution is -2.30. The molecular formula is C14H17NO4S. The van der Waals surface area contributed by atoms with Crippen LogP contribution < -0.4 is 0 Å². The van der Waals surface area contributed by atoms with Gasteiger partial charge in [-0.3, -0.25) is 0 Å². The zero-order valence-corrected chi connectivity index (χ0v) is 11.9. The second-order valence-corrected chi connectivity index (χ2v) is 6.76. The highest BCUT2D eigenvalue weighted by atomic mass is 32.2. The van der Waals surface area contributed by atoms with Crippen LogP contribution in [0.25, 0.3) is 6.08 Å². The zero-order valence-electron chi connectivity index (χ0n) is 11.1. The fourth-order valence-corrected chi connectivity index (χ4v) is 2.91. The maximum Gasteiger partial charge on any atom is 0.409 e. The first-order valence-corrected chi connectivity index (χ1v) is 8.23. The summed E-state index contributed by atoms with van der Waals surface area (Å²) in [5.41, 5.74) is 0.964. The van der Waals surface area contributed by atoms with Crippen molar-refractivity contribution in [1.82, 2.24) is 4.90 Å². The Morgan fingerprint density at radius 2 is 2.00 bits per heavy atom. The van der Waals surface area contributed by atoms with Crippen LogP contribution in [0.1, 0.15) is 5.56 Å². The molecule has 1 fully saturated rings. The Labute approximate surface area is 118 Å². The average molecular weight is 295 g/mol. The minimum atomic E-state index is -3.20. The molecule has 1 aliphatic heterocycles. The number of hydrogen-bond donors (Lipinski definition) is 0. The number of benzene rings is 1. The molecule has 6 heteroatoms. The molecule has 1 aromatic rings. The van der Waals surface area contributed by atoms with Crippen molar-refractivity contribution in [3.05, 3.63) is 42.0 Å². The van der Waals surface area contributed by atoms with Crippen molar-refractivity contribution in [2.24, 2.45) is 0 Å². The van der Waals surface area contributed by atoms with Gasteiger partial charge in [-0.1, -0.05) is 42.5 Å². The van der Waals surface area contributed by atoms with Crippen LogP contribution in [0.15, 0.2) is 36.4 Å². The molecule has 20 heavy (non-hydrogen) atoms. The third-order valence-electron chi connectivity index (χ3n) is 2.98. The highest BCUT2D eigenvalue weighted by Gasteiger charge is 2.23. The largest absolute Gasteiger partial charge is 0.448 e. The van der Waals surface area contributed by atoms with Crippen molar-refractivity contribution in [3.63, 3.8) is 0 Å². The molecule has 108 valence electrons. The Balaban J connectivity index is 1.82. The number of rotatable bonds is 6. The van der Waals surface area contributed by atoms with Crippen LogP contribution in [0.4, 0.5) is 4.79 Å². The fourth-order valence-electron chi connectivity index (χ4n) is 1.86. The van der Waals surface area contributed by atoms with Crippen LogP contribution in [0.5, 0.6) is 0 Å². The summed E-state index contributed by atoms with van der Waals surface area (Å²) in [6.45, 7) is 1.00. The SMILES string of the molecule is O=C1OCCN1CCS(=O)(=O)C/C=C/c1ccccc1. The first-order valence-electron chi connectivity index (χ1n) is 6.40. The molecule has 1 amide bonds. The summed E-state index contributed by atoms with van der Waals surface area (Å²) in [6, 6.07) is 9.51. The van der Waals surface area contributed by atoms with Gasteiger partial charge in [-0.05, 0) is 5.56 Å². The topological polar surface area (TPSA) is 63.7 Å². The molecule has 5 nitrogen and oxygen atoms in total. The maximum absolute atomic E-state index is 11.9. The van der Waals surface area contributed by atoms with Crippen molar-refractivity contribution < 1.29 is 17.9 Å². The molecule has 0 aromatic heterocycles. The van der Waals surface area contributed by atoms with Gasteiger partial charge in [0, 0.05) is 6.54 Å². The summed E-state index contributed by atoms with van der Waals surface area (Å²) < 4.78 is 28.5. The molecule has 1 aliphatic rings. The second-order valence-electron chi connectivity index (χ2n) is 4.53. The van der Waals surface area contributed by atoms with Gasteiger partial charge in [-0.2, -0.15) is 0 Å². The lowest BCUT2D eigenvalue weighted by molar-refractivity contribution is 0.160. The average Bonchev–Trinajstić information content (AvgIpc) is 2.83. The van der Waals surface area contributed by atoms with Crippen LogP contribution in [0.2, 0.25) is 0 Å². The van der Waals surface area contributed by atoms with Crippen molar-refractivity contribution in [3.8, 4) is 0 Å². The second kappa shape index (κ2) is 6.56. The van der Waals surface area contributed by atoms with E-state index in [0.29, 0.717) is 13.2 Å². The third kappa shape index (κ3) is 4.38. The normalized spacial score (nSPS) is 15.8. The number of hydrogen-bond acceptors (Lipinski definition) is 4. The summed E-state index contributed by atoms with van der Waals surface area (Å²) in [4.78, 5) is 12.6. The van der Waals surface area contributed by atoms with Crippen LogP contribution in [-0.4, -0.2) is 50.6 Å². The van der Waals surface area contributed by atoms with E-state index >= 15 is 0 Å². The number of carbonyl (C=O) groups is 1. The molecule has 1 aromatic carbocycles. The van der Waals surface area contributed by atoms with E-state index in [2.05, 4.69) is 0 Å². The molecule has 0 bridgehead atoms. The predicted octanol–water partition coefficient (Wildman–Crippen LogP) is 1.57. The zero-order chi connectivity index (χ0) is 14.4. The molecule has 1 saturated heterocycles. The minimum Gasteiger partial charge on any atom is -0.448 e. The van der Waals surface area contributed by atoms with Gasteiger partial charge in [0.25, 0.3) is 0 Å². The van der Waals surface area contributed by atoms with Crippen molar-refractivity contribution >= 4 is 22.0 Å². The lowest BCUT2D eigenvalue weighted by Gasteiger charge is -2.11. The highest BCUT2D eigenvalue weighted by Crippen LogP contribution is 2.05. The van der Waals surface area contributed by atoms with E-state index in [0.717, 1.165) is 5.56 Å². The summed E-state index contributed by atoms with van der Waals surface area (Å²) in [6.07, 6.45) is 2.98. The molecule has 2 rings (SSSR count). The lowest BCUT2D eigenvalue weighted by atomic mass is 10.2. The van der Waals surface area contributed by atoms with E-state index in [-0.39, 0.29) is 18.1 Å². The Morgan fingerprint density at radius 1 is 1.25 bits per heavy atom. The molecule has 0 aliphatic carbocycles. The minimum absolute atomic E-state index is 0.0230. The van der Waals surface area contributed by atoms with E-state index in [4.69, 9.17) is 4.74 Å². The number of ether oxygens (including phenoxy) is 1. The number of sulfone groups is 1. The van der Waals surface area contributed by atoms with Crippen molar-refractivity contribution in [2.45, 2.75) is 0 Å². The number of nitrogens with zero attached hydrogens (tertiary/aromatic N) is 1. The number of carbonyl (C=O) groups excluding carboxylic acids is 1. The molecule has 0 radical (unpaired) electrons. The molecule has 0 spiro atoms. The smallest absolute Gasteiger partial charge is 0.409 e. The third-order valence-corrected chi connectivity index (χ3v) is 4.48. The number of amides is 1. The van der Waals surface area contributed by atoms with Gasteiger partial charge < -0.3 is 9.64 Å². The van der Waals surface area contributed by atoms with E-state index in [1.54, 1.807) is 12.2 Å². The van der Waals surface area contributed by atoms with Crippen LogP contribution in [-0.2, 0) is 14.6 Å². The predicted molar refractivity (Wildman–Crippen MR) is 77.1 cm³/mol. The Morgan fingerprint density at radius 3 is 2.65 bits per heavy atom. The van der Waals surface area contributed by atoms with Gasteiger partial charge >= 0.3 is 6.09 Å². The molecular weight excluding hydrogens is 278 g/mol. The maximum atomic E-state index is 11.9. The van der Waals surface area contributed by atoms with Gasteiger partial charge in [-0.15, -0.1) is 0 Å². The number of cyclic esters (lactones) is 1. The molecule has 1 heterocycles. The first-order chi connectivity index (χ1) is 9.57. The van der Waals surface area contributed by atoms with Crippen LogP contribution >= 0.6 is 0 Å². The molecule has 0 unspecified atom stereocenters. The molecule has 0 saturated carbocycles. The molecule has 0 N–H and O–H groups in total. The van der Waals surface area contributed by atoms with Gasteiger partial charge in [0.1, 0.15) is 6.61 Å². The summed E-state index contributed by atoms with van der Waals surface area (Å²) >= 11 is 0. The first kappa shape index (κ1) is 14.6. The van der Waals surface area contributed by atoms with Crippen molar-refractivity contribution in [1.29, 1.82) is 0 Å². The van der Waals surface area contributed by atoms with Gasteiger partial charge in [0.05, 0.1) is 18.1 Å². The van der Waals surface area contributed by atoms with Gasteiger partial charge in [0.15, 0.2) is 9.84 Å². The van der Waals surface area contributed by atoms with Gasteiger partial charge in [0.2, 0.25) is 0 Å². The Hall–Kier alpha value is -1.82. The summed E-state index contributed by atoms with van der Waals surface area (Å²) in [5.74, 6) is -0.0635. The highest BCUT2D eigenvalue weighted by molar-refractivity contribution is 7.91. The Bertz CT molecular complexity index is 580. The van der Waals surface area contributed by atoms with Crippen LogP contribution in [0, 0.1) is 0 Å². The van der Waals surface area contributed by atoms with E-state index in [1.165, 1.54) is 4.90 Å². The fraction of sp³-hybridized carbons (Fsp3) is 0.357. The van der Waals surface area contributed by atoms with Crippen molar-refractivity contribution in [2.75, 3.05) is 31.2 Å². The van der Waals surface area contributed by atoms with Gasteiger partial charge in [-0.25, -0.2) is 13.2 Å².